The van der Waals surface area contributed by atoms with Gasteiger partial charge in [-0.2, -0.15) is 0 Å². The highest BCUT2D eigenvalue weighted by molar-refractivity contribution is 6.09. The van der Waals surface area contributed by atoms with Gasteiger partial charge in [-0.05, 0) is 11.6 Å². The number of fused-ring (bicyclic) bond motifs is 1. The van der Waals surface area contributed by atoms with Crippen molar-refractivity contribution in [3.63, 3.8) is 0 Å². The van der Waals surface area contributed by atoms with Crippen LogP contribution in [-0.2, 0) is 6.42 Å². The van der Waals surface area contributed by atoms with E-state index in [1.54, 1.807) is 12.3 Å². The van der Waals surface area contributed by atoms with Gasteiger partial charge in [0.25, 0.3) is 5.69 Å². The second kappa shape index (κ2) is 5.20. The zero-order valence-electron chi connectivity index (χ0n) is 11.1. The summed E-state index contributed by atoms with van der Waals surface area (Å²) >= 11 is 0. The maximum atomic E-state index is 12.4. The van der Waals surface area contributed by atoms with Gasteiger partial charge in [0.15, 0.2) is 5.78 Å². The van der Waals surface area contributed by atoms with Crippen LogP contribution in [0.1, 0.15) is 15.9 Å². The molecule has 0 saturated carbocycles. The van der Waals surface area contributed by atoms with Crippen LogP contribution in [0.2, 0.25) is 0 Å². The Hall–Kier alpha value is -2.95. The lowest BCUT2D eigenvalue weighted by molar-refractivity contribution is -0.384. The minimum Gasteiger partial charge on any atom is -0.360 e. The number of hydrogen-bond donors (Lipinski definition) is 1. The van der Waals surface area contributed by atoms with Gasteiger partial charge in [0, 0.05) is 41.2 Å². The Bertz CT molecular complexity index is 822. The van der Waals surface area contributed by atoms with E-state index >= 15 is 0 Å². The van der Waals surface area contributed by atoms with E-state index in [2.05, 4.69) is 4.98 Å². The number of carbonyl (C=O) groups is 1. The van der Waals surface area contributed by atoms with Crippen LogP contribution in [0.4, 0.5) is 5.69 Å². The van der Waals surface area contributed by atoms with Gasteiger partial charge in [-0.1, -0.05) is 30.3 Å². The van der Waals surface area contributed by atoms with Crippen LogP contribution in [0.25, 0.3) is 10.9 Å². The zero-order valence-corrected chi connectivity index (χ0v) is 11.1. The molecule has 5 nitrogen and oxygen atoms in total. The van der Waals surface area contributed by atoms with Gasteiger partial charge >= 0.3 is 0 Å². The number of aromatic nitrogens is 1. The fourth-order valence-electron chi connectivity index (χ4n) is 2.33. The molecule has 0 aliphatic rings. The third-order valence-electron chi connectivity index (χ3n) is 3.38. The van der Waals surface area contributed by atoms with Crippen LogP contribution >= 0.6 is 0 Å². The molecular weight excluding hydrogens is 268 g/mol. The number of carbonyl (C=O) groups excluding carboxylic acids is 1. The Morgan fingerprint density at radius 3 is 2.62 bits per heavy atom. The van der Waals surface area contributed by atoms with Crippen LogP contribution < -0.4 is 0 Å². The lowest BCUT2D eigenvalue weighted by Gasteiger charge is -2.00. The van der Waals surface area contributed by atoms with Crippen molar-refractivity contribution in [2.75, 3.05) is 0 Å². The minimum absolute atomic E-state index is 0.0177. The van der Waals surface area contributed by atoms with Crippen molar-refractivity contribution >= 4 is 22.4 Å². The van der Waals surface area contributed by atoms with E-state index in [9.17, 15) is 14.9 Å². The molecule has 5 heteroatoms. The zero-order chi connectivity index (χ0) is 14.8. The number of aromatic amines is 1. The first-order valence-electron chi connectivity index (χ1n) is 6.48. The highest BCUT2D eigenvalue weighted by Gasteiger charge is 2.15. The smallest absolute Gasteiger partial charge is 0.270 e. The molecule has 1 N–H and O–H groups in total. The van der Waals surface area contributed by atoms with Gasteiger partial charge in [-0.3, -0.25) is 14.9 Å². The van der Waals surface area contributed by atoms with Gasteiger partial charge in [0.1, 0.15) is 0 Å². The number of nitrogens with one attached hydrogen (secondary N) is 1. The Morgan fingerprint density at radius 2 is 1.90 bits per heavy atom. The number of hydrogen-bond acceptors (Lipinski definition) is 3. The first-order valence-corrected chi connectivity index (χ1v) is 6.48. The number of nitro groups is 1. The van der Waals surface area contributed by atoms with E-state index in [1.807, 2.05) is 30.3 Å². The summed E-state index contributed by atoms with van der Waals surface area (Å²) in [6.07, 6.45) is 1.89. The molecule has 0 radical (unpaired) electrons. The fraction of sp³-hybridized carbons (Fsp3) is 0.0625. The van der Waals surface area contributed by atoms with Gasteiger partial charge in [0.05, 0.1) is 4.92 Å². The second-order valence-corrected chi connectivity index (χ2v) is 4.77. The Balaban J connectivity index is 1.98. The Morgan fingerprint density at radius 1 is 1.14 bits per heavy atom. The molecule has 0 aliphatic carbocycles. The lowest BCUT2D eigenvalue weighted by Crippen LogP contribution is -2.02. The van der Waals surface area contributed by atoms with Crippen molar-refractivity contribution in [3.8, 4) is 0 Å². The number of benzene rings is 2. The molecule has 0 saturated heterocycles. The van der Waals surface area contributed by atoms with E-state index in [-0.39, 0.29) is 17.9 Å². The van der Waals surface area contributed by atoms with Gasteiger partial charge < -0.3 is 4.98 Å². The number of nitrogens with zero attached hydrogens (tertiary/aromatic N) is 1. The van der Waals surface area contributed by atoms with E-state index in [0.717, 1.165) is 11.1 Å². The number of rotatable bonds is 4. The molecule has 3 aromatic rings. The van der Waals surface area contributed by atoms with Crippen molar-refractivity contribution in [3.05, 3.63) is 76.0 Å². The number of nitro benzene ring substituents is 1. The summed E-state index contributed by atoms with van der Waals surface area (Å²) in [4.78, 5) is 25.7. The average Bonchev–Trinajstić information content (AvgIpc) is 2.91. The molecule has 0 spiro atoms. The van der Waals surface area contributed by atoms with Crippen LogP contribution in [-0.4, -0.2) is 15.7 Å². The van der Waals surface area contributed by atoms with E-state index in [1.165, 1.54) is 12.1 Å². The predicted molar refractivity (Wildman–Crippen MR) is 79.4 cm³/mol. The monoisotopic (exact) mass is 280 g/mol. The highest BCUT2D eigenvalue weighted by Crippen LogP contribution is 2.24. The van der Waals surface area contributed by atoms with Crippen molar-refractivity contribution in [2.45, 2.75) is 6.42 Å². The van der Waals surface area contributed by atoms with Gasteiger partial charge in [0.2, 0.25) is 0 Å². The van der Waals surface area contributed by atoms with Crippen LogP contribution in [0, 0.1) is 10.1 Å². The van der Waals surface area contributed by atoms with E-state index in [4.69, 9.17) is 0 Å². The van der Waals surface area contributed by atoms with Gasteiger partial charge in [-0.15, -0.1) is 0 Å². The summed E-state index contributed by atoms with van der Waals surface area (Å²) in [6, 6.07) is 13.9. The molecular formula is C16H12N2O3. The lowest BCUT2D eigenvalue weighted by atomic mass is 10.0. The number of non-ortho nitro benzene ring substituents is 1. The van der Waals surface area contributed by atoms with Crippen molar-refractivity contribution < 1.29 is 9.72 Å². The molecule has 0 amide bonds. The van der Waals surface area contributed by atoms with Gasteiger partial charge in [-0.25, -0.2) is 0 Å². The molecule has 1 aromatic heterocycles. The average molecular weight is 280 g/mol. The van der Waals surface area contributed by atoms with E-state index < -0.39 is 4.92 Å². The highest BCUT2D eigenvalue weighted by atomic mass is 16.6. The van der Waals surface area contributed by atoms with E-state index in [0.29, 0.717) is 10.9 Å². The Labute approximate surface area is 120 Å². The molecule has 1 heterocycles. The van der Waals surface area contributed by atoms with Crippen molar-refractivity contribution in [2.24, 2.45) is 0 Å². The maximum Gasteiger partial charge on any atom is 0.270 e. The maximum absolute atomic E-state index is 12.4. The quantitative estimate of drug-likeness (QED) is 0.451. The largest absolute Gasteiger partial charge is 0.360 e. The molecule has 21 heavy (non-hydrogen) atoms. The minimum atomic E-state index is -0.460. The standard InChI is InChI=1S/C16H12N2O3/c19-16(8-11-4-2-1-3-5-11)14-10-17-15-7-6-12(18(20)21)9-13(14)15/h1-7,9-10,17H,8H2. The first kappa shape index (κ1) is 13.1. The van der Waals surface area contributed by atoms with Crippen molar-refractivity contribution in [1.29, 1.82) is 0 Å². The summed E-state index contributed by atoms with van der Waals surface area (Å²) in [6.45, 7) is 0. The SMILES string of the molecule is O=C(Cc1ccccc1)c1c[nH]c2ccc([N+](=O)[O-])cc12. The summed E-state index contributed by atoms with van der Waals surface area (Å²) in [5, 5.41) is 11.4. The van der Waals surface area contributed by atoms with Crippen molar-refractivity contribution in [1.82, 2.24) is 4.98 Å². The number of H-pyrrole nitrogens is 1. The molecule has 104 valence electrons. The topological polar surface area (TPSA) is 76.0 Å². The van der Waals surface area contributed by atoms with Crippen LogP contribution in [0.3, 0.4) is 0 Å². The fourth-order valence-corrected chi connectivity index (χ4v) is 2.33. The molecule has 0 bridgehead atoms. The first-order chi connectivity index (χ1) is 10.1. The third kappa shape index (κ3) is 2.53. The summed E-state index contributed by atoms with van der Waals surface area (Å²) in [5.74, 6) is -0.0621. The molecule has 3 rings (SSSR count). The summed E-state index contributed by atoms with van der Waals surface area (Å²) in [7, 11) is 0. The normalized spacial score (nSPS) is 10.7. The number of ketones is 1. The third-order valence-corrected chi connectivity index (χ3v) is 3.38. The van der Waals surface area contributed by atoms with Crippen LogP contribution in [0.15, 0.2) is 54.7 Å². The Kier molecular flexibility index (Phi) is 3.23. The summed E-state index contributed by atoms with van der Waals surface area (Å²) in [5.41, 5.74) is 2.10. The predicted octanol–water partition coefficient (Wildman–Crippen LogP) is 3.50. The van der Waals surface area contributed by atoms with Crippen LogP contribution in [0.5, 0.6) is 0 Å². The molecule has 0 fully saturated rings. The molecule has 0 unspecified atom stereocenters. The number of Topliss-reactive ketones (excluding diaryl/α,β-unsaturated/α-hetero) is 1. The second-order valence-electron chi connectivity index (χ2n) is 4.77. The molecule has 2 aromatic carbocycles. The summed E-state index contributed by atoms with van der Waals surface area (Å²) < 4.78 is 0. The molecule has 0 aliphatic heterocycles. The molecule has 0 atom stereocenters.